The minimum Gasteiger partial charge on any atom is -0.468 e. The lowest BCUT2D eigenvalue weighted by Gasteiger charge is -2.13. The third-order valence-corrected chi connectivity index (χ3v) is 5.26. The van der Waals surface area contributed by atoms with Crippen molar-refractivity contribution in [3.63, 3.8) is 0 Å². The molecule has 2 heterocycles. The number of pyridine rings is 2. The highest BCUT2D eigenvalue weighted by Gasteiger charge is 2.21. The van der Waals surface area contributed by atoms with Gasteiger partial charge in [0.15, 0.2) is 6.04 Å². The van der Waals surface area contributed by atoms with E-state index in [4.69, 9.17) is 67.6 Å². The number of hydroxylamine groups is 1. The van der Waals surface area contributed by atoms with Gasteiger partial charge in [0.05, 0.1) is 48.6 Å². The molecule has 0 spiro atoms. The molecule has 7 N–H and O–H groups in total. The van der Waals surface area contributed by atoms with Gasteiger partial charge < -0.3 is 30.7 Å². The van der Waals surface area contributed by atoms with Gasteiger partial charge in [0.1, 0.15) is 16.3 Å². The Labute approximate surface area is 248 Å². The normalized spacial score (nSPS) is 11.0. The second kappa shape index (κ2) is 20.4. The fourth-order valence-electron chi connectivity index (χ4n) is 1.94. The number of hydrogen-bond acceptors (Lipinski definition) is 12. The lowest BCUT2D eigenvalue weighted by molar-refractivity contribution is -0.144. The molecule has 0 saturated heterocycles. The number of nitrogens with one attached hydrogen (secondary N) is 2. The standard InChI is InChI=1S/C10H10Cl2N2O4.C6H4Cl2N2O2.C4H9NO3.ClH/c1-18-10(17)7(4-15)14-9(16)5-2-6(11)8(12)13-3-5;7-4-1-3(6(11)10-12)2-9-5(4)8;1-8-4(7)3(5)2-6;/h2-3,7,15H,4H2,1H3,(H,14,16);1-2,12H,(H,10,11);3,6H,2,5H2,1H3;1H. The zero-order chi connectivity index (χ0) is 29.4. The second-order valence-corrected chi connectivity index (χ2v) is 8.01. The average Bonchev–Trinajstić information content (AvgIpc) is 2.93. The number of carbonyl (C=O) groups is 4. The predicted octanol–water partition coefficient (Wildman–Crippen LogP) is 1.06. The summed E-state index contributed by atoms with van der Waals surface area (Å²) in [4.78, 5) is 51.2. The molecule has 2 atom stereocenters. The molecule has 0 fully saturated rings. The number of aliphatic hydroxyl groups excluding tert-OH is 2. The van der Waals surface area contributed by atoms with E-state index in [0.29, 0.717) is 0 Å². The van der Waals surface area contributed by atoms with Gasteiger partial charge >= 0.3 is 11.9 Å². The molecule has 2 aromatic rings. The number of amides is 2. The van der Waals surface area contributed by atoms with Crippen LogP contribution in [0.1, 0.15) is 20.7 Å². The van der Waals surface area contributed by atoms with Crippen molar-refractivity contribution in [2.24, 2.45) is 5.73 Å². The number of rotatable bonds is 7. The third-order valence-electron chi connectivity index (χ3n) is 3.89. The maximum absolute atomic E-state index is 11.7. The van der Waals surface area contributed by atoms with Crippen LogP contribution in [0.3, 0.4) is 0 Å². The minimum atomic E-state index is -1.14. The van der Waals surface area contributed by atoms with Gasteiger partial charge in [-0.15, -0.1) is 12.4 Å². The van der Waals surface area contributed by atoms with E-state index < -0.39 is 42.4 Å². The van der Waals surface area contributed by atoms with Crippen molar-refractivity contribution in [3.8, 4) is 0 Å². The highest BCUT2D eigenvalue weighted by atomic mass is 35.5. The van der Waals surface area contributed by atoms with Crippen LogP contribution in [-0.4, -0.2) is 88.7 Å². The summed E-state index contributed by atoms with van der Waals surface area (Å²) in [5, 5.41) is 28.1. The van der Waals surface area contributed by atoms with Crippen molar-refractivity contribution < 1.29 is 44.1 Å². The van der Waals surface area contributed by atoms with Gasteiger partial charge in [-0.3, -0.25) is 19.6 Å². The molecule has 0 aliphatic heterocycles. The van der Waals surface area contributed by atoms with E-state index in [1.165, 1.54) is 37.1 Å². The quantitative estimate of drug-likeness (QED) is 0.107. The Hall–Kier alpha value is -2.53. The monoisotopic (exact) mass is 653 g/mol. The molecular weight excluding hydrogens is 632 g/mol. The maximum Gasteiger partial charge on any atom is 0.330 e. The molecule has 2 rings (SSSR count). The fourth-order valence-corrected chi connectivity index (χ4v) is 2.48. The smallest absolute Gasteiger partial charge is 0.330 e. The molecule has 19 heteroatoms. The van der Waals surface area contributed by atoms with Crippen molar-refractivity contribution in [2.75, 3.05) is 27.4 Å². The number of halogens is 5. The fraction of sp³-hybridized carbons (Fsp3) is 0.300. The summed E-state index contributed by atoms with van der Waals surface area (Å²) in [6.07, 6.45) is 2.41. The van der Waals surface area contributed by atoms with Gasteiger partial charge in [0, 0.05) is 12.4 Å². The van der Waals surface area contributed by atoms with Gasteiger partial charge in [0.25, 0.3) is 11.8 Å². The molecule has 0 aliphatic carbocycles. The van der Waals surface area contributed by atoms with Crippen LogP contribution in [0.4, 0.5) is 0 Å². The zero-order valence-electron chi connectivity index (χ0n) is 20.1. The average molecular weight is 656 g/mol. The lowest BCUT2D eigenvalue weighted by atomic mass is 10.2. The van der Waals surface area contributed by atoms with Crippen LogP contribution in [0.25, 0.3) is 0 Å². The highest BCUT2D eigenvalue weighted by molar-refractivity contribution is 6.41. The number of aromatic nitrogens is 2. The molecule has 2 amide bonds. The number of esters is 2. The summed E-state index contributed by atoms with van der Waals surface area (Å²) in [5.74, 6) is -2.64. The Balaban J connectivity index is 0. The number of hydrogen-bond donors (Lipinski definition) is 6. The molecule has 218 valence electrons. The number of ether oxygens (including phenoxy) is 2. The second-order valence-electron chi connectivity index (χ2n) is 6.48. The molecule has 2 unspecified atom stereocenters. The molecule has 0 aliphatic rings. The van der Waals surface area contributed by atoms with E-state index in [9.17, 15) is 19.2 Å². The van der Waals surface area contributed by atoms with Crippen molar-refractivity contribution in [1.82, 2.24) is 20.8 Å². The first kappa shape index (κ1) is 38.6. The molecule has 0 saturated carbocycles. The van der Waals surface area contributed by atoms with E-state index in [0.717, 1.165) is 7.11 Å². The van der Waals surface area contributed by atoms with Crippen LogP contribution in [0.2, 0.25) is 20.4 Å². The number of nitrogens with zero attached hydrogens (tertiary/aromatic N) is 2. The van der Waals surface area contributed by atoms with Crippen LogP contribution in [-0.2, 0) is 19.1 Å². The molecule has 0 aromatic carbocycles. The van der Waals surface area contributed by atoms with Gasteiger partial charge in [0.2, 0.25) is 0 Å². The Bertz CT molecular complexity index is 1110. The van der Waals surface area contributed by atoms with E-state index in [1.807, 2.05) is 0 Å². The lowest BCUT2D eigenvalue weighted by Crippen LogP contribution is -2.44. The van der Waals surface area contributed by atoms with Crippen LogP contribution in [0.15, 0.2) is 24.5 Å². The largest absolute Gasteiger partial charge is 0.468 e. The van der Waals surface area contributed by atoms with E-state index in [1.54, 1.807) is 0 Å². The van der Waals surface area contributed by atoms with Gasteiger partial charge in [-0.25, -0.2) is 20.2 Å². The number of aliphatic hydroxyl groups is 2. The van der Waals surface area contributed by atoms with Crippen molar-refractivity contribution in [3.05, 3.63) is 56.0 Å². The number of nitrogens with two attached hydrogens (primary N) is 1. The Morgan fingerprint density at radius 2 is 1.31 bits per heavy atom. The van der Waals surface area contributed by atoms with Crippen LogP contribution in [0, 0.1) is 0 Å². The first-order chi connectivity index (χ1) is 17.9. The first-order valence-electron chi connectivity index (χ1n) is 9.86. The SMILES string of the molecule is COC(=O)C(CO)NC(=O)c1cnc(Cl)c(Cl)c1.COC(=O)C(N)CO.Cl.O=C(NO)c1cnc(Cl)c(Cl)c1. The molecule has 2 aromatic heterocycles. The van der Waals surface area contributed by atoms with Gasteiger partial charge in [-0.2, -0.15) is 0 Å². The molecule has 39 heavy (non-hydrogen) atoms. The number of methoxy groups -OCH3 is 2. The Kier molecular flexibility index (Phi) is 20.2. The van der Waals surface area contributed by atoms with Crippen molar-refractivity contribution in [2.45, 2.75) is 12.1 Å². The van der Waals surface area contributed by atoms with E-state index >= 15 is 0 Å². The Morgan fingerprint density at radius 1 is 0.872 bits per heavy atom. The molecule has 0 bridgehead atoms. The third kappa shape index (κ3) is 13.9. The van der Waals surface area contributed by atoms with Crippen molar-refractivity contribution in [1.29, 1.82) is 0 Å². The molecular formula is C20H24Cl5N5O9. The van der Waals surface area contributed by atoms with Gasteiger partial charge in [-0.05, 0) is 12.1 Å². The summed E-state index contributed by atoms with van der Waals surface area (Å²) < 4.78 is 8.59. The van der Waals surface area contributed by atoms with Gasteiger partial charge in [-0.1, -0.05) is 46.4 Å². The van der Waals surface area contributed by atoms with Crippen LogP contribution < -0.4 is 16.5 Å². The van der Waals surface area contributed by atoms with E-state index in [-0.39, 0.29) is 50.5 Å². The summed E-state index contributed by atoms with van der Waals surface area (Å²) in [5.41, 5.74) is 6.71. The van der Waals surface area contributed by atoms with E-state index in [2.05, 4.69) is 24.8 Å². The number of carbonyl (C=O) groups excluding carboxylic acids is 4. The summed E-state index contributed by atoms with van der Waals surface area (Å²) >= 11 is 22.4. The molecule has 0 radical (unpaired) electrons. The molecule has 14 nitrogen and oxygen atoms in total. The Morgan fingerprint density at radius 3 is 1.62 bits per heavy atom. The summed E-state index contributed by atoms with van der Waals surface area (Å²) in [7, 11) is 2.37. The highest BCUT2D eigenvalue weighted by Crippen LogP contribution is 2.20. The predicted molar refractivity (Wildman–Crippen MR) is 142 cm³/mol. The maximum atomic E-state index is 11.7. The summed E-state index contributed by atoms with van der Waals surface area (Å²) in [6, 6.07) is 0.581. The zero-order valence-corrected chi connectivity index (χ0v) is 23.9. The van der Waals surface area contributed by atoms with Crippen LogP contribution in [0.5, 0.6) is 0 Å². The first-order valence-corrected chi connectivity index (χ1v) is 11.4. The van der Waals surface area contributed by atoms with Crippen LogP contribution >= 0.6 is 58.8 Å². The topological polar surface area (TPSA) is 223 Å². The summed E-state index contributed by atoms with van der Waals surface area (Å²) in [6.45, 7) is -0.945. The minimum absolute atomic E-state index is 0. The van der Waals surface area contributed by atoms with Crippen molar-refractivity contribution >= 4 is 82.6 Å².